The molecular weight excluding hydrogens is 414 g/mol. The maximum Gasteiger partial charge on any atom is 0.203 e. The van der Waals surface area contributed by atoms with Crippen molar-refractivity contribution >= 4 is 53.3 Å². The highest BCUT2D eigenvalue weighted by atomic mass is 79.9. The number of fused-ring (bicyclic) bond motifs is 5. The van der Waals surface area contributed by atoms with E-state index >= 15 is 0 Å². The first kappa shape index (κ1) is 15.8. The fourth-order valence-electron chi connectivity index (χ4n) is 3.18. The predicted octanol–water partition coefficient (Wildman–Crippen LogP) is 4.15. The van der Waals surface area contributed by atoms with Crippen molar-refractivity contribution < 1.29 is 0 Å². The molecule has 5 rings (SSSR count). The van der Waals surface area contributed by atoms with Gasteiger partial charge in [0.15, 0.2) is 5.65 Å². The van der Waals surface area contributed by atoms with Crippen molar-refractivity contribution in [2.24, 2.45) is 0 Å². The fourth-order valence-corrected chi connectivity index (χ4v) is 4.90. The van der Waals surface area contributed by atoms with Crippen LogP contribution in [0.4, 0.5) is 0 Å². The normalized spacial score (nSPS) is 12.0. The van der Waals surface area contributed by atoms with E-state index in [1.165, 1.54) is 5.56 Å². The molecule has 0 aliphatic heterocycles. The van der Waals surface area contributed by atoms with Crippen LogP contribution in [0.5, 0.6) is 0 Å². The van der Waals surface area contributed by atoms with Crippen molar-refractivity contribution in [2.45, 2.75) is 27.3 Å². The van der Waals surface area contributed by atoms with Gasteiger partial charge in [0.2, 0.25) is 5.82 Å². The summed E-state index contributed by atoms with van der Waals surface area (Å²) in [4.78, 5) is 15.0. The number of pyridine rings is 1. The molecule has 0 atom stereocenters. The minimum Gasteiger partial charge on any atom is -0.271 e. The smallest absolute Gasteiger partial charge is 0.203 e. The zero-order valence-corrected chi connectivity index (χ0v) is 16.8. The first-order valence-corrected chi connectivity index (χ1v) is 9.81. The zero-order chi connectivity index (χ0) is 18.0. The number of hydrogen-bond donors (Lipinski definition) is 0. The van der Waals surface area contributed by atoms with Crippen LogP contribution in [0.15, 0.2) is 23.1 Å². The van der Waals surface area contributed by atoms with Crippen LogP contribution in [-0.4, -0.2) is 34.3 Å². The molecule has 26 heavy (non-hydrogen) atoms. The van der Waals surface area contributed by atoms with Crippen molar-refractivity contribution in [1.82, 2.24) is 34.3 Å². The van der Waals surface area contributed by atoms with Crippen LogP contribution >= 0.6 is 27.3 Å². The van der Waals surface area contributed by atoms with Crippen LogP contribution < -0.4 is 0 Å². The van der Waals surface area contributed by atoms with Gasteiger partial charge in [-0.15, -0.1) is 16.4 Å². The molecule has 9 heteroatoms. The maximum absolute atomic E-state index is 4.76. The van der Waals surface area contributed by atoms with Crippen molar-refractivity contribution in [3.05, 3.63) is 34.3 Å². The number of aromatic nitrogens is 7. The number of nitrogens with zero attached hydrogens (tertiary/aromatic N) is 7. The Bertz CT molecular complexity index is 1310. The summed E-state index contributed by atoms with van der Waals surface area (Å²) in [6.07, 6.45) is 3.65. The van der Waals surface area contributed by atoms with Gasteiger partial charge in [0.05, 0.1) is 9.99 Å². The monoisotopic (exact) mass is 427 g/mol. The van der Waals surface area contributed by atoms with Crippen LogP contribution in [0, 0.1) is 13.8 Å². The highest BCUT2D eigenvalue weighted by Crippen LogP contribution is 2.36. The molecule has 130 valence electrons. The molecule has 5 aromatic rings. The van der Waals surface area contributed by atoms with Gasteiger partial charge in [-0.25, -0.2) is 19.5 Å². The van der Waals surface area contributed by atoms with Crippen molar-refractivity contribution in [3.63, 3.8) is 0 Å². The first-order valence-electron chi connectivity index (χ1n) is 8.20. The molecule has 0 radical (unpaired) electrons. The lowest BCUT2D eigenvalue weighted by Crippen LogP contribution is -1.94. The Hall–Kier alpha value is -2.39. The number of hydrogen-bond acceptors (Lipinski definition) is 6. The largest absolute Gasteiger partial charge is 0.271 e. The summed E-state index contributed by atoms with van der Waals surface area (Å²) in [6, 6.07) is 2.09. The van der Waals surface area contributed by atoms with Crippen LogP contribution in [-0.2, 0) is 6.54 Å². The number of halogens is 1. The van der Waals surface area contributed by atoms with Gasteiger partial charge in [-0.3, -0.25) is 4.68 Å². The Morgan fingerprint density at radius 2 is 2.04 bits per heavy atom. The SMILES string of the molecule is CCn1cc(Br)c(-c2nc3c4sc5nc(C)cc(C)c5c4ncn3n2)n1. The summed E-state index contributed by atoms with van der Waals surface area (Å²) in [5.41, 5.74) is 4.63. The quantitative estimate of drug-likeness (QED) is 0.422. The Morgan fingerprint density at radius 3 is 2.81 bits per heavy atom. The molecular formula is C17H14BrN7S. The van der Waals surface area contributed by atoms with E-state index in [0.29, 0.717) is 5.82 Å². The molecule has 5 heterocycles. The maximum atomic E-state index is 4.76. The summed E-state index contributed by atoms with van der Waals surface area (Å²) in [6.45, 7) is 6.94. The average Bonchev–Trinajstić information content (AvgIpc) is 3.27. The number of thiophene rings is 1. The second-order valence-electron chi connectivity index (χ2n) is 6.17. The van der Waals surface area contributed by atoms with E-state index in [-0.39, 0.29) is 0 Å². The van der Waals surface area contributed by atoms with E-state index in [1.807, 2.05) is 24.7 Å². The van der Waals surface area contributed by atoms with E-state index in [2.05, 4.69) is 49.1 Å². The van der Waals surface area contributed by atoms with Crippen LogP contribution in [0.3, 0.4) is 0 Å². The number of aryl methyl sites for hydroxylation is 3. The van der Waals surface area contributed by atoms with Gasteiger partial charge < -0.3 is 0 Å². The van der Waals surface area contributed by atoms with Crippen molar-refractivity contribution in [3.8, 4) is 11.5 Å². The molecule has 7 nitrogen and oxygen atoms in total. The zero-order valence-electron chi connectivity index (χ0n) is 14.4. The molecule has 0 spiro atoms. The second kappa shape index (κ2) is 5.55. The van der Waals surface area contributed by atoms with E-state index in [9.17, 15) is 0 Å². The molecule has 0 aliphatic rings. The standard InChI is InChI=1S/C17H14BrN7S/c1-4-24-6-10(18)12(22-24)15-21-16-14-13(19-7-25(16)23-15)11-8(2)5-9(3)20-17(11)26-14/h5-7H,4H2,1-3H3. The summed E-state index contributed by atoms with van der Waals surface area (Å²) in [5.74, 6) is 0.580. The van der Waals surface area contributed by atoms with Crippen molar-refractivity contribution in [1.29, 1.82) is 0 Å². The van der Waals surface area contributed by atoms with E-state index in [4.69, 9.17) is 4.98 Å². The molecule has 0 unspecified atom stereocenters. The third-order valence-electron chi connectivity index (χ3n) is 4.35. The molecule has 0 aromatic carbocycles. The Labute approximate surface area is 160 Å². The van der Waals surface area contributed by atoms with Gasteiger partial charge in [0, 0.05) is 23.8 Å². The average molecular weight is 428 g/mol. The topological polar surface area (TPSA) is 73.8 Å². The van der Waals surface area contributed by atoms with E-state index in [1.54, 1.807) is 22.2 Å². The lowest BCUT2D eigenvalue weighted by molar-refractivity contribution is 0.661. The lowest BCUT2D eigenvalue weighted by atomic mass is 10.1. The van der Waals surface area contributed by atoms with Crippen LogP contribution in [0.2, 0.25) is 0 Å². The number of rotatable bonds is 2. The second-order valence-corrected chi connectivity index (χ2v) is 8.02. The minimum atomic E-state index is 0.580. The summed E-state index contributed by atoms with van der Waals surface area (Å²) in [5, 5.41) is 10.2. The molecule has 0 aliphatic carbocycles. The molecule has 0 N–H and O–H groups in total. The molecule has 0 saturated carbocycles. The van der Waals surface area contributed by atoms with Crippen LogP contribution in [0.1, 0.15) is 18.2 Å². The Morgan fingerprint density at radius 1 is 1.19 bits per heavy atom. The van der Waals surface area contributed by atoms with Gasteiger partial charge in [-0.1, -0.05) is 0 Å². The fraction of sp³-hybridized carbons (Fsp3) is 0.235. The summed E-state index contributed by atoms with van der Waals surface area (Å²) < 4.78 is 5.44. The van der Waals surface area contributed by atoms with Gasteiger partial charge in [0.1, 0.15) is 21.6 Å². The molecule has 0 amide bonds. The lowest BCUT2D eigenvalue weighted by Gasteiger charge is -1.98. The Balaban J connectivity index is 1.81. The van der Waals surface area contributed by atoms with Gasteiger partial charge in [-0.05, 0) is 48.3 Å². The Kier molecular flexibility index (Phi) is 3.38. The van der Waals surface area contributed by atoms with Crippen LogP contribution in [0.25, 0.3) is 37.6 Å². The van der Waals surface area contributed by atoms with E-state index in [0.717, 1.165) is 48.5 Å². The van der Waals surface area contributed by atoms with Gasteiger partial charge >= 0.3 is 0 Å². The summed E-state index contributed by atoms with van der Waals surface area (Å²) >= 11 is 5.16. The molecule has 5 aromatic heterocycles. The van der Waals surface area contributed by atoms with E-state index < -0.39 is 0 Å². The third kappa shape index (κ3) is 2.20. The van der Waals surface area contributed by atoms with Crippen molar-refractivity contribution in [2.75, 3.05) is 0 Å². The third-order valence-corrected chi connectivity index (χ3v) is 5.99. The minimum absolute atomic E-state index is 0.580. The highest BCUT2D eigenvalue weighted by Gasteiger charge is 2.19. The predicted molar refractivity (Wildman–Crippen MR) is 106 cm³/mol. The van der Waals surface area contributed by atoms with Gasteiger partial charge in [-0.2, -0.15) is 5.10 Å². The summed E-state index contributed by atoms with van der Waals surface area (Å²) in [7, 11) is 0. The highest BCUT2D eigenvalue weighted by molar-refractivity contribution is 9.10. The molecule has 0 fully saturated rings. The molecule has 0 saturated heterocycles. The van der Waals surface area contributed by atoms with Gasteiger partial charge in [0.25, 0.3) is 0 Å². The first-order chi connectivity index (χ1) is 12.5. The molecule has 0 bridgehead atoms.